The summed E-state index contributed by atoms with van der Waals surface area (Å²) in [6.45, 7) is 0. The summed E-state index contributed by atoms with van der Waals surface area (Å²) in [5.41, 5.74) is 1.68. The molecule has 0 spiro atoms. The number of rotatable bonds is 4. The van der Waals surface area contributed by atoms with Crippen LogP contribution in [0.15, 0.2) is 48.5 Å². The van der Waals surface area contributed by atoms with Crippen LogP contribution in [0.1, 0.15) is 12.0 Å². The number of nitrogens with one attached hydrogen (secondary N) is 2. The first-order valence-electron chi connectivity index (χ1n) is 7.45. The average Bonchev–Trinajstić information content (AvgIpc) is 3.38. The molecule has 0 radical (unpaired) electrons. The van der Waals surface area contributed by atoms with Crippen molar-refractivity contribution < 1.29 is 9.59 Å². The van der Waals surface area contributed by atoms with Gasteiger partial charge in [-0.25, -0.2) is 0 Å². The lowest BCUT2D eigenvalue weighted by atomic mass is 10.2. The molecule has 0 aliphatic heterocycles. The molecule has 0 saturated heterocycles. The molecule has 0 heterocycles. The Labute approximate surface area is 144 Å². The molecule has 0 bridgehead atoms. The van der Waals surface area contributed by atoms with Crippen molar-refractivity contribution in [2.75, 3.05) is 10.6 Å². The maximum atomic E-state index is 12.2. The molecule has 2 amide bonds. The van der Waals surface area contributed by atoms with Crippen molar-refractivity contribution in [3.05, 3.63) is 59.1 Å². The molecule has 2 aromatic carbocycles. The highest BCUT2D eigenvalue weighted by atomic mass is 35.5. The number of halogens is 1. The Bertz CT molecular complexity index is 827. The van der Waals surface area contributed by atoms with Crippen molar-refractivity contribution in [2.24, 2.45) is 11.8 Å². The molecule has 3 rings (SSSR count). The van der Waals surface area contributed by atoms with Gasteiger partial charge in [0.25, 0.3) is 0 Å². The van der Waals surface area contributed by atoms with Crippen LogP contribution in [-0.4, -0.2) is 11.8 Å². The Hall–Kier alpha value is -2.84. The van der Waals surface area contributed by atoms with Gasteiger partial charge >= 0.3 is 0 Å². The zero-order chi connectivity index (χ0) is 17.1. The van der Waals surface area contributed by atoms with E-state index in [-0.39, 0.29) is 23.7 Å². The Balaban J connectivity index is 1.56. The molecular formula is C18H14ClN3O2. The van der Waals surface area contributed by atoms with Crippen LogP contribution >= 0.6 is 11.6 Å². The van der Waals surface area contributed by atoms with Crippen LogP contribution < -0.4 is 10.6 Å². The highest BCUT2D eigenvalue weighted by Gasteiger charge is 2.48. The minimum atomic E-state index is -0.348. The first-order valence-corrected chi connectivity index (χ1v) is 7.82. The average molecular weight is 340 g/mol. The predicted octanol–water partition coefficient (Wildman–Crippen LogP) is 3.42. The Morgan fingerprint density at radius 1 is 1.00 bits per heavy atom. The molecule has 5 nitrogen and oxygen atoms in total. The topological polar surface area (TPSA) is 82.0 Å². The molecule has 120 valence electrons. The monoisotopic (exact) mass is 339 g/mol. The van der Waals surface area contributed by atoms with Gasteiger partial charge in [0, 0.05) is 5.69 Å². The second-order valence-corrected chi connectivity index (χ2v) is 6.00. The van der Waals surface area contributed by atoms with Crippen molar-refractivity contribution in [2.45, 2.75) is 6.42 Å². The summed E-state index contributed by atoms with van der Waals surface area (Å²) in [4.78, 5) is 24.4. The SMILES string of the molecule is N#Cc1ccc(NC(=O)C2CC2C(=O)Nc2ccccc2Cl)cc1. The predicted molar refractivity (Wildman–Crippen MR) is 91.5 cm³/mol. The van der Waals surface area contributed by atoms with Gasteiger partial charge in [0.05, 0.1) is 34.2 Å². The number of hydrogen-bond donors (Lipinski definition) is 2. The molecule has 24 heavy (non-hydrogen) atoms. The molecule has 1 fully saturated rings. The lowest BCUT2D eigenvalue weighted by Crippen LogP contribution is -2.20. The van der Waals surface area contributed by atoms with E-state index in [0.29, 0.717) is 28.4 Å². The fraction of sp³-hybridized carbons (Fsp3) is 0.167. The molecule has 0 aromatic heterocycles. The van der Waals surface area contributed by atoms with Crippen LogP contribution in [0.3, 0.4) is 0 Å². The van der Waals surface area contributed by atoms with E-state index in [1.807, 2.05) is 6.07 Å². The number of nitrogens with zero attached hydrogens (tertiary/aromatic N) is 1. The van der Waals surface area contributed by atoms with Gasteiger partial charge in [0.15, 0.2) is 0 Å². The number of hydrogen-bond acceptors (Lipinski definition) is 3. The highest BCUT2D eigenvalue weighted by molar-refractivity contribution is 6.33. The van der Waals surface area contributed by atoms with Crippen LogP contribution in [0, 0.1) is 23.2 Å². The van der Waals surface area contributed by atoms with E-state index in [2.05, 4.69) is 10.6 Å². The van der Waals surface area contributed by atoms with E-state index in [9.17, 15) is 9.59 Å². The summed E-state index contributed by atoms with van der Waals surface area (Å²) < 4.78 is 0. The first-order chi connectivity index (χ1) is 11.6. The standard InChI is InChI=1S/C18H14ClN3O2/c19-15-3-1-2-4-16(15)22-18(24)14-9-13(14)17(23)21-12-7-5-11(10-20)6-8-12/h1-8,13-14H,9H2,(H,21,23)(H,22,24). The van der Waals surface area contributed by atoms with Gasteiger partial charge < -0.3 is 10.6 Å². The van der Waals surface area contributed by atoms with Gasteiger partial charge in [0.2, 0.25) is 11.8 Å². The maximum Gasteiger partial charge on any atom is 0.228 e. The summed E-state index contributed by atoms with van der Waals surface area (Å²) in [6, 6.07) is 15.6. The second kappa shape index (κ2) is 6.73. The number of anilines is 2. The van der Waals surface area contributed by atoms with Crippen molar-refractivity contribution in [1.82, 2.24) is 0 Å². The maximum absolute atomic E-state index is 12.2. The molecule has 1 saturated carbocycles. The lowest BCUT2D eigenvalue weighted by molar-refractivity contribution is -0.122. The number of benzene rings is 2. The lowest BCUT2D eigenvalue weighted by Gasteiger charge is -2.07. The minimum Gasteiger partial charge on any atom is -0.326 e. The quantitative estimate of drug-likeness (QED) is 0.895. The molecule has 1 aliphatic rings. The summed E-state index contributed by atoms with van der Waals surface area (Å²) in [5.74, 6) is -1.09. The molecule has 2 N–H and O–H groups in total. The van der Waals surface area contributed by atoms with Crippen molar-refractivity contribution in [1.29, 1.82) is 5.26 Å². The Morgan fingerprint density at radius 3 is 2.25 bits per heavy atom. The zero-order valence-corrected chi connectivity index (χ0v) is 13.4. The molecular weight excluding hydrogens is 326 g/mol. The molecule has 2 atom stereocenters. The van der Waals surface area contributed by atoms with E-state index >= 15 is 0 Å². The number of carbonyl (C=O) groups is 2. The van der Waals surface area contributed by atoms with Crippen LogP contribution in [0.5, 0.6) is 0 Å². The van der Waals surface area contributed by atoms with Crippen molar-refractivity contribution in [3.8, 4) is 6.07 Å². The van der Waals surface area contributed by atoms with Gasteiger partial charge in [0.1, 0.15) is 0 Å². The van der Waals surface area contributed by atoms with Gasteiger partial charge in [-0.15, -0.1) is 0 Å². The third-order valence-corrected chi connectivity index (χ3v) is 4.21. The number of nitriles is 1. The number of para-hydroxylation sites is 1. The van der Waals surface area contributed by atoms with E-state index in [0.717, 1.165) is 0 Å². The first kappa shape index (κ1) is 16.0. The molecule has 2 aromatic rings. The second-order valence-electron chi connectivity index (χ2n) is 5.60. The van der Waals surface area contributed by atoms with E-state index in [1.165, 1.54) is 0 Å². The minimum absolute atomic E-state index is 0.195. The van der Waals surface area contributed by atoms with Gasteiger partial charge in [-0.05, 0) is 42.8 Å². The number of amides is 2. The Morgan fingerprint density at radius 2 is 1.62 bits per heavy atom. The fourth-order valence-corrected chi connectivity index (χ4v) is 2.61. The summed E-state index contributed by atoms with van der Waals surface area (Å²) in [6.07, 6.45) is 0.512. The van der Waals surface area contributed by atoms with Crippen LogP contribution in [0.25, 0.3) is 0 Å². The normalized spacial score (nSPS) is 18.3. The van der Waals surface area contributed by atoms with Crippen LogP contribution in [0.2, 0.25) is 5.02 Å². The van der Waals surface area contributed by atoms with Crippen LogP contribution in [-0.2, 0) is 9.59 Å². The van der Waals surface area contributed by atoms with Gasteiger partial charge in [-0.2, -0.15) is 5.26 Å². The fourth-order valence-electron chi connectivity index (χ4n) is 2.43. The van der Waals surface area contributed by atoms with Crippen LogP contribution in [0.4, 0.5) is 11.4 Å². The summed E-state index contributed by atoms with van der Waals surface area (Å²) in [5, 5.41) is 14.7. The van der Waals surface area contributed by atoms with Crippen molar-refractivity contribution in [3.63, 3.8) is 0 Å². The van der Waals surface area contributed by atoms with Gasteiger partial charge in [-0.1, -0.05) is 23.7 Å². The smallest absolute Gasteiger partial charge is 0.228 e. The van der Waals surface area contributed by atoms with E-state index in [1.54, 1.807) is 48.5 Å². The third-order valence-electron chi connectivity index (χ3n) is 3.88. The van der Waals surface area contributed by atoms with Gasteiger partial charge in [-0.3, -0.25) is 9.59 Å². The molecule has 2 unspecified atom stereocenters. The largest absolute Gasteiger partial charge is 0.326 e. The zero-order valence-electron chi connectivity index (χ0n) is 12.6. The summed E-state index contributed by atoms with van der Waals surface area (Å²) >= 11 is 6.01. The van der Waals surface area contributed by atoms with Crippen molar-refractivity contribution >= 4 is 34.8 Å². The third kappa shape index (κ3) is 3.55. The van der Waals surface area contributed by atoms with E-state index < -0.39 is 0 Å². The molecule has 6 heteroatoms. The highest BCUT2D eigenvalue weighted by Crippen LogP contribution is 2.40. The number of carbonyl (C=O) groups excluding carboxylic acids is 2. The molecule has 1 aliphatic carbocycles. The summed E-state index contributed by atoms with van der Waals surface area (Å²) in [7, 11) is 0. The van der Waals surface area contributed by atoms with E-state index in [4.69, 9.17) is 16.9 Å². The Kier molecular flexibility index (Phi) is 4.50.